The number of halogens is 2. The van der Waals surface area contributed by atoms with E-state index < -0.39 is 27.0 Å². The Bertz CT molecular complexity index is 864. The highest BCUT2D eigenvalue weighted by Gasteiger charge is 2.39. The Kier molecular flexibility index (Phi) is 3.60. The molecule has 3 rings (SSSR count). The number of hydrogen-bond acceptors (Lipinski definition) is 6. The van der Waals surface area contributed by atoms with Crippen LogP contribution in [0.15, 0.2) is 27.8 Å². The standard InChI is InChI=1S/C13H12ClFN2O4S/c1-13(7-14)5-12(17-21-13)22(18,19)6-11-16-9-4-8(15)2-3-10(9)20-11/h2-4H,5-7H2,1H3. The van der Waals surface area contributed by atoms with Gasteiger partial charge in [0.1, 0.15) is 17.1 Å². The maximum absolute atomic E-state index is 13.1. The first-order chi connectivity index (χ1) is 10.3. The highest BCUT2D eigenvalue weighted by atomic mass is 35.5. The molecule has 2 aromatic rings. The van der Waals surface area contributed by atoms with E-state index in [1.54, 1.807) is 6.92 Å². The van der Waals surface area contributed by atoms with Gasteiger partial charge in [0.2, 0.25) is 15.7 Å². The lowest BCUT2D eigenvalue weighted by atomic mass is 10.1. The average Bonchev–Trinajstić information content (AvgIpc) is 3.02. The van der Waals surface area contributed by atoms with Crippen LogP contribution >= 0.6 is 11.6 Å². The number of aromatic nitrogens is 1. The maximum atomic E-state index is 13.1. The minimum Gasteiger partial charge on any atom is -0.440 e. The molecule has 0 N–H and O–H groups in total. The van der Waals surface area contributed by atoms with Gasteiger partial charge in [-0.05, 0) is 19.1 Å². The Morgan fingerprint density at radius 3 is 2.91 bits per heavy atom. The zero-order valence-corrected chi connectivity index (χ0v) is 13.1. The fraction of sp³-hybridized carbons (Fsp3) is 0.385. The molecule has 118 valence electrons. The van der Waals surface area contributed by atoms with Gasteiger partial charge in [0.05, 0.1) is 5.88 Å². The van der Waals surface area contributed by atoms with Gasteiger partial charge < -0.3 is 9.25 Å². The molecule has 0 saturated heterocycles. The van der Waals surface area contributed by atoms with Crippen LogP contribution in [0.5, 0.6) is 0 Å². The van der Waals surface area contributed by atoms with Gasteiger partial charge in [-0.15, -0.1) is 11.6 Å². The van der Waals surface area contributed by atoms with E-state index in [1.807, 2.05) is 0 Å². The summed E-state index contributed by atoms with van der Waals surface area (Å²) >= 11 is 5.73. The van der Waals surface area contributed by atoms with Crippen LogP contribution in [0.3, 0.4) is 0 Å². The predicted molar refractivity (Wildman–Crippen MR) is 78.9 cm³/mol. The van der Waals surface area contributed by atoms with Crippen LogP contribution in [-0.4, -0.2) is 29.9 Å². The molecule has 1 atom stereocenters. The van der Waals surface area contributed by atoms with Crippen molar-refractivity contribution in [3.05, 3.63) is 29.9 Å². The van der Waals surface area contributed by atoms with E-state index in [4.69, 9.17) is 20.9 Å². The van der Waals surface area contributed by atoms with Gasteiger partial charge in [0.15, 0.2) is 16.2 Å². The topological polar surface area (TPSA) is 81.8 Å². The van der Waals surface area contributed by atoms with E-state index in [-0.39, 0.29) is 28.8 Å². The van der Waals surface area contributed by atoms with Crippen molar-refractivity contribution in [3.8, 4) is 0 Å². The summed E-state index contributed by atoms with van der Waals surface area (Å²) in [4.78, 5) is 9.06. The van der Waals surface area contributed by atoms with Gasteiger partial charge in [-0.25, -0.2) is 17.8 Å². The number of oxime groups is 1. The summed E-state index contributed by atoms with van der Waals surface area (Å²) in [5.74, 6) is -0.842. The van der Waals surface area contributed by atoms with E-state index in [9.17, 15) is 12.8 Å². The van der Waals surface area contributed by atoms with Crippen molar-refractivity contribution < 1.29 is 22.1 Å². The van der Waals surface area contributed by atoms with Crippen molar-refractivity contribution in [1.29, 1.82) is 0 Å². The molecule has 0 amide bonds. The van der Waals surface area contributed by atoms with E-state index in [0.717, 1.165) is 0 Å². The first-order valence-electron chi connectivity index (χ1n) is 6.40. The normalized spacial score (nSPS) is 21.9. The number of alkyl halides is 1. The Hall–Kier alpha value is -1.67. The second kappa shape index (κ2) is 5.20. The minimum absolute atomic E-state index is 0.0252. The van der Waals surface area contributed by atoms with Crippen molar-refractivity contribution in [2.75, 3.05) is 5.88 Å². The van der Waals surface area contributed by atoms with Crippen LogP contribution < -0.4 is 0 Å². The number of rotatable bonds is 3. The number of fused-ring (bicyclic) bond motifs is 1. The number of nitrogens with zero attached hydrogens (tertiary/aromatic N) is 2. The van der Waals surface area contributed by atoms with E-state index in [0.29, 0.717) is 5.58 Å². The molecule has 1 aliphatic heterocycles. The predicted octanol–water partition coefficient (Wildman–Crippen LogP) is 2.61. The molecular formula is C13H12ClFN2O4S. The molecule has 6 nitrogen and oxygen atoms in total. The second-order valence-electron chi connectivity index (χ2n) is 5.32. The number of sulfone groups is 1. The Morgan fingerprint density at radius 1 is 1.45 bits per heavy atom. The van der Waals surface area contributed by atoms with Crippen LogP contribution in [0.1, 0.15) is 19.2 Å². The van der Waals surface area contributed by atoms with Crippen LogP contribution in [-0.2, 0) is 20.4 Å². The van der Waals surface area contributed by atoms with Crippen molar-refractivity contribution >= 4 is 37.6 Å². The van der Waals surface area contributed by atoms with Gasteiger partial charge >= 0.3 is 0 Å². The molecule has 0 radical (unpaired) electrons. The largest absolute Gasteiger partial charge is 0.440 e. The zero-order chi connectivity index (χ0) is 16.0. The van der Waals surface area contributed by atoms with Crippen LogP contribution in [0.2, 0.25) is 0 Å². The molecule has 0 spiro atoms. The van der Waals surface area contributed by atoms with Gasteiger partial charge in [-0.3, -0.25) is 0 Å². The molecule has 1 aromatic carbocycles. The number of oxazole rings is 1. The Morgan fingerprint density at radius 2 is 2.23 bits per heavy atom. The fourth-order valence-electron chi connectivity index (χ4n) is 2.04. The summed E-state index contributed by atoms with van der Waals surface area (Å²) in [6.45, 7) is 1.67. The highest BCUT2D eigenvalue weighted by Crippen LogP contribution is 2.28. The molecular weight excluding hydrogens is 335 g/mol. The number of hydrogen-bond donors (Lipinski definition) is 0. The van der Waals surface area contributed by atoms with E-state index in [2.05, 4.69) is 10.1 Å². The minimum atomic E-state index is -3.74. The molecule has 0 bridgehead atoms. The molecule has 0 saturated carbocycles. The third kappa shape index (κ3) is 2.80. The molecule has 1 aromatic heterocycles. The second-order valence-corrected chi connectivity index (χ2v) is 7.57. The summed E-state index contributed by atoms with van der Waals surface area (Å²) in [5.41, 5.74) is -0.240. The fourth-order valence-corrected chi connectivity index (χ4v) is 3.47. The summed E-state index contributed by atoms with van der Waals surface area (Å²) in [7, 11) is -3.74. The summed E-state index contributed by atoms with van der Waals surface area (Å²) in [6, 6.07) is 3.79. The van der Waals surface area contributed by atoms with Crippen molar-refractivity contribution in [2.24, 2.45) is 5.16 Å². The van der Waals surface area contributed by atoms with Crippen molar-refractivity contribution in [1.82, 2.24) is 4.98 Å². The van der Waals surface area contributed by atoms with Gasteiger partial charge in [0.25, 0.3) is 0 Å². The quantitative estimate of drug-likeness (QED) is 0.798. The smallest absolute Gasteiger partial charge is 0.211 e. The van der Waals surface area contributed by atoms with E-state index >= 15 is 0 Å². The summed E-state index contributed by atoms with van der Waals surface area (Å²) in [6.07, 6.45) is 0.0910. The highest BCUT2D eigenvalue weighted by molar-refractivity contribution is 8.05. The Labute approximate surface area is 130 Å². The first-order valence-corrected chi connectivity index (χ1v) is 8.59. The van der Waals surface area contributed by atoms with Crippen molar-refractivity contribution in [3.63, 3.8) is 0 Å². The summed E-state index contributed by atoms with van der Waals surface area (Å²) < 4.78 is 43.1. The zero-order valence-electron chi connectivity index (χ0n) is 11.5. The molecule has 0 fully saturated rings. The van der Waals surface area contributed by atoms with Gasteiger partial charge in [0, 0.05) is 12.5 Å². The lowest BCUT2D eigenvalue weighted by Gasteiger charge is -2.16. The molecule has 2 heterocycles. The third-order valence-electron chi connectivity index (χ3n) is 3.24. The molecule has 22 heavy (non-hydrogen) atoms. The SMILES string of the molecule is CC1(CCl)CC(S(=O)(=O)Cc2nc3cc(F)ccc3o2)=NO1. The van der Waals surface area contributed by atoms with Crippen LogP contribution in [0.25, 0.3) is 11.1 Å². The maximum Gasteiger partial charge on any atom is 0.211 e. The van der Waals surface area contributed by atoms with Crippen molar-refractivity contribution in [2.45, 2.75) is 24.7 Å². The van der Waals surface area contributed by atoms with Crippen LogP contribution in [0, 0.1) is 5.82 Å². The lowest BCUT2D eigenvalue weighted by Crippen LogP contribution is -2.28. The molecule has 0 aliphatic carbocycles. The monoisotopic (exact) mass is 346 g/mol. The lowest BCUT2D eigenvalue weighted by molar-refractivity contribution is 0.0152. The van der Waals surface area contributed by atoms with Gasteiger partial charge in [-0.2, -0.15) is 0 Å². The molecule has 1 unspecified atom stereocenters. The first kappa shape index (κ1) is 15.2. The Balaban J connectivity index is 1.85. The average molecular weight is 347 g/mol. The molecule has 9 heteroatoms. The van der Waals surface area contributed by atoms with E-state index in [1.165, 1.54) is 18.2 Å². The van der Waals surface area contributed by atoms with Crippen LogP contribution in [0.4, 0.5) is 4.39 Å². The third-order valence-corrected chi connectivity index (χ3v) is 5.37. The summed E-state index contributed by atoms with van der Waals surface area (Å²) in [5, 5.41) is 3.52. The number of benzene rings is 1. The molecule has 1 aliphatic rings. The van der Waals surface area contributed by atoms with Gasteiger partial charge in [-0.1, -0.05) is 5.16 Å².